The molecule has 1 rings (SSSR count). The summed E-state index contributed by atoms with van der Waals surface area (Å²) in [5, 5.41) is 12.2. The minimum absolute atomic E-state index is 0.0528. The lowest BCUT2D eigenvalue weighted by molar-refractivity contribution is -0.140. The van der Waals surface area contributed by atoms with Crippen LogP contribution in [0.15, 0.2) is 24.3 Å². The van der Waals surface area contributed by atoms with Gasteiger partial charge >= 0.3 is 5.97 Å². The van der Waals surface area contributed by atoms with Crippen LogP contribution in [0.5, 0.6) is 5.75 Å². The first kappa shape index (κ1) is 15.5. The maximum absolute atomic E-state index is 11.1. The van der Waals surface area contributed by atoms with E-state index in [9.17, 15) is 4.79 Å². The summed E-state index contributed by atoms with van der Waals surface area (Å²) in [6.45, 7) is 7.07. The second-order valence-electron chi connectivity index (χ2n) is 4.94. The molecule has 4 heteroatoms. The first-order chi connectivity index (χ1) is 9.04. The van der Waals surface area contributed by atoms with Crippen molar-refractivity contribution in [3.8, 4) is 5.75 Å². The van der Waals surface area contributed by atoms with Gasteiger partial charge < -0.3 is 15.2 Å². The smallest absolute Gasteiger partial charge is 0.320 e. The van der Waals surface area contributed by atoms with Crippen LogP contribution in [0.25, 0.3) is 0 Å². The van der Waals surface area contributed by atoms with Gasteiger partial charge in [-0.1, -0.05) is 32.9 Å². The van der Waals surface area contributed by atoms with Crippen LogP contribution in [0.1, 0.15) is 32.8 Å². The van der Waals surface area contributed by atoms with Crippen LogP contribution >= 0.6 is 0 Å². The van der Waals surface area contributed by atoms with Gasteiger partial charge in [0.15, 0.2) is 0 Å². The molecule has 0 radical (unpaired) electrons. The van der Waals surface area contributed by atoms with Crippen LogP contribution < -0.4 is 10.1 Å². The summed E-state index contributed by atoms with van der Waals surface area (Å²) in [5.74, 6) is 0.0722. The van der Waals surface area contributed by atoms with Gasteiger partial charge in [0.1, 0.15) is 11.8 Å². The third-order valence-electron chi connectivity index (χ3n) is 2.83. The monoisotopic (exact) mass is 265 g/mol. The number of ether oxygens (including phenoxy) is 1. The van der Waals surface area contributed by atoms with E-state index in [0.717, 1.165) is 17.7 Å². The molecule has 4 nitrogen and oxygen atoms in total. The van der Waals surface area contributed by atoms with E-state index in [1.165, 1.54) is 0 Å². The molecule has 0 saturated heterocycles. The molecule has 0 amide bonds. The highest BCUT2D eigenvalue weighted by Gasteiger charge is 2.20. The van der Waals surface area contributed by atoms with Gasteiger partial charge in [0.05, 0.1) is 6.61 Å². The molecule has 0 aromatic heterocycles. The molecule has 19 heavy (non-hydrogen) atoms. The van der Waals surface area contributed by atoms with E-state index in [4.69, 9.17) is 9.84 Å². The number of carbonyl (C=O) groups is 1. The summed E-state index contributed by atoms with van der Waals surface area (Å²) >= 11 is 0. The fourth-order valence-corrected chi connectivity index (χ4v) is 1.80. The van der Waals surface area contributed by atoms with E-state index in [-0.39, 0.29) is 5.92 Å². The molecule has 1 atom stereocenters. The lowest BCUT2D eigenvalue weighted by atomic mass is 10.0. The number of rotatable bonds is 8. The van der Waals surface area contributed by atoms with Crippen molar-refractivity contribution in [2.75, 3.05) is 6.61 Å². The lowest BCUT2D eigenvalue weighted by Gasteiger charge is -2.18. The fraction of sp³-hybridized carbons (Fsp3) is 0.533. The molecular formula is C15H23NO3. The average molecular weight is 265 g/mol. The standard InChI is InChI=1S/C15H23NO3/c1-4-8-19-13-7-5-6-12(9-13)10-16-14(11(2)3)15(17)18/h5-7,9,11,14,16H,4,8,10H2,1-3H3,(H,17,18). The SMILES string of the molecule is CCCOc1cccc(CNC(C(=O)O)C(C)C)c1. The van der Waals surface area contributed by atoms with E-state index in [1.54, 1.807) is 0 Å². The van der Waals surface area contributed by atoms with Gasteiger partial charge in [-0.05, 0) is 30.0 Å². The average Bonchev–Trinajstić information content (AvgIpc) is 2.36. The summed E-state index contributed by atoms with van der Waals surface area (Å²) in [6.07, 6.45) is 0.969. The molecule has 106 valence electrons. The lowest BCUT2D eigenvalue weighted by Crippen LogP contribution is -2.40. The van der Waals surface area contributed by atoms with E-state index < -0.39 is 12.0 Å². The highest BCUT2D eigenvalue weighted by Crippen LogP contribution is 2.14. The molecule has 0 bridgehead atoms. The van der Waals surface area contributed by atoms with Crippen molar-refractivity contribution in [3.05, 3.63) is 29.8 Å². The Bertz CT molecular complexity index is 404. The van der Waals surface area contributed by atoms with E-state index in [1.807, 2.05) is 38.1 Å². The second-order valence-corrected chi connectivity index (χ2v) is 4.94. The second kappa shape index (κ2) is 7.79. The van der Waals surface area contributed by atoms with Crippen LogP contribution in [0, 0.1) is 5.92 Å². The summed E-state index contributed by atoms with van der Waals surface area (Å²) in [5.41, 5.74) is 1.03. The summed E-state index contributed by atoms with van der Waals surface area (Å²) < 4.78 is 5.55. The zero-order chi connectivity index (χ0) is 14.3. The topological polar surface area (TPSA) is 58.6 Å². The summed E-state index contributed by atoms with van der Waals surface area (Å²) in [4.78, 5) is 11.1. The Balaban J connectivity index is 2.59. The van der Waals surface area contributed by atoms with Crippen molar-refractivity contribution < 1.29 is 14.6 Å². The fourth-order valence-electron chi connectivity index (χ4n) is 1.80. The minimum atomic E-state index is -0.812. The first-order valence-electron chi connectivity index (χ1n) is 6.72. The van der Waals surface area contributed by atoms with Crippen LogP contribution in [-0.2, 0) is 11.3 Å². The molecule has 0 aliphatic rings. The van der Waals surface area contributed by atoms with Crippen LogP contribution in [0.4, 0.5) is 0 Å². The maximum atomic E-state index is 11.1. The highest BCUT2D eigenvalue weighted by atomic mass is 16.5. The van der Waals surface area contributed by atoms with Gasteiger partial charge in [0.2, 0.25) is 0 Å². The minimum Gasteiger partial charge on any atom is -0.494 e. The van der Waals surface area contributed by atoms with Gasteiger partial charge in [-0.25, -0.2) is 0 Å². The largest absolute Gasteiger partial charge is 0.494 e. The molecule has 1 aromatic carbocycles. The van der Waals surface area contributed by atoms with E-state index in [0.29, 0.717) is 13.2 Å². The number of aliphatic carboxylic acids is 1. The van der Waals surface area contributed by atoms with E-state index >= 15 is 0 Å². The van der Waals surface area contributed by atoms with Crippen LogP contribution in [0.2, 0.25) is 0 Å². The molecule has 0 heterocycles. The Kier molecular flexibility index (Phi) is 6.36. The number of carboxylic acids is 1. The van der Waals surface area contributed by atoms with Crippen LogP contribution in [-0.4, -0.2) is 23.7 Å². The van der Waals surface area contributed by atoms with Gasteiger partial charge in [0, 0.05) is 6.54 Å². The first-order valence-corrected chi connectivity index (χ1v) is 6.72. The Morgan fingerprint density at radius 1 is 1.42 bits per heavy atom. The Morgan fingerprint density at radius 2 is 2.16 bits per heavy atom. The maximum Gasteiger partial charge on any atom is 0.320 e. The number of nitrogens with one attached hydrogen (secondary N) is 1. The molecule has 2 N–H and O–H groups in total. The van der Waals surface area contributed by atoms with E-state index in [2.05, 4.69) is 12.2 Å². The van der Waals surface area contributed by atoms with Gasteiger partial charge in [0.25, 0.3) is 0 Å². The summed E-state index contributed by atoms with van der Waals surface area (Å²) in [6, 6.07) is 7.22. The quantitative estimate of drug-likeness (QED) is 0.758. The number of hydrogen-bond donors (Lipinski definition) is 2. The van der Waals surface area contributed by atoms with Crippen molar-refractivity contribution in [2.45, 2.75) is 39.8 Å². The zero-order valence-electron chi connectivity index (χ0n) is 11.8. The van der Waals surface area contributed by atoms with Crippen molar-refractivity contribution >= 4 is 5.97 Å². The molecule has 0 aliphatic carbocycles. The number of benzene rings is 1. The summed E-state index contributed by atoms with van der Waals surface area (Å²) in [7, 11) is 0. The molecule has 0 spiro atoms. The number of hydrogen-bond acceptors (Lipinski definition) is 3. The van der Waals surface area contributed by atoms with Crippen LogP contribution in [0.3, 0.4) is 0 Å². The Hall–Kier alpha value is -1.55. The molecular weight excluding hydrogens is 242 g/mol. The molecule has 0 aliphatic heterocycles. The van der Waals surface area contributed by atoms with Crippen molar-refractivity contribution in [2.24, 2.45) is 5.92 Å². The van der Waals surface area contributed by atoms with Crippen molar-refractivity contribution in [3.63, 3.8) is 0 Å². The molecule has 1 unspecified atom stereocenters. The normalized spacial score (nSPS) is 12.4. The van der Waals surface area contributed by atoms with Gasteiger partial charge in [-0.2, -0.15) is 0 Å². The number of carboxylic acid groups (broad SMARTS) is 1. The predicted molar refractivity (Wildman–Crippen MR) is 75.3 cm³/mol. The van der Waals surface area contributed by atoms with Crippen molar-refractivity contribution in [1.29, 1.82) is 0 Å². The third kappa shape index (κ3) is 5.30. The van der Waals surface area contributed by atoms with Crippen molar-refractivity contribution in [1.82, 2.24) is 5.32 Å². The molecule has 0 fully saturated rings. The third-order valence-corrected chi connectivity index (χ3v) is 2.83. The highest BCUT2D eigenvalue weighted by molar-refractivity contribution is 5.73. The predicted octanol–water partition coefficient (Wildman–Crippen LogP) is 2.67. The van der Waals surface area contributed by atoms with Gasteiger partial charge in [-0.3, -0.25) is 4.79 Å². The zero-order valence-corrected chi connectivity index (χ0v) is 11.8. The molecule has 0 saturated carbocycles. The Labute approximate surface area is 114 Å². The Morgan fingerprint density at radius 3 is 2.74 bits per heavy atom. The van der Waals surface area contributed by atoms with Gasteiger partial charge in [-0.15, -0.1) is 0 Å². The molecule has 1 aromatic rings.